The van der Waals surface area contributed by atoms with Crippen LogP contribution >= 0.6 is 0 Å². The van der Waals surface area contributed by atoms with Gasteiger partial charge in [-0.15, -0.1) is 0 Å². The minimum Gasteiger partial charge on any atom is -0.372 e. The fourth-order valence-corrected chi connectivity index (χ4v) is 3.53. The average Bonchev–Trinajstić information content (AvgIpc) is 3.02. The van der Waals surface area contributed by atoms with Gasteiger partial charge in [0.2, 0.25) is 0 Å². The zero-order valence-electron chi connectivity index (χ0n) is 17.9. The van der Waals surface area contributed by atoms with Gasteiger partial charge in [0.05, 0.1) is 22.5 Å². The van der Waals surface area contributed by atoms with E-state index in [1.54, 1.807) is 13.0 Å². The summed E-state index contributed by atoms with van der Waals surface area (Å²) in [7, 11) is 0. The van der Waals surface area contributed by atoms with Crippen LogP contribution < -0.4 is 9.91 Å². The summed E-state index contributed by atoms with van der Waals surface area (Å²) in [6, 6.07) is 12.5. The highest BCUT2D eigenvalue weighted by molar-refractivity contribution is 6.32. The molecule has 0 fully saturated rings. The van der Waals surface area contributed by atoms with Crippen LogP contribution in [-0.4, -0.2) is 24.7 Å². The number of hydrazone groups is 1. The van der Waals surface area contributed by atoms with Crippen LogP contribution in [-0.2, 0) is 11.0 Å². The Morgan fingerprint density at radius 3 is 2.26 bits per heavy atom. The molecule has 3 rings (SSSR count). The second-order valence-corrected chi connectivity index (χ2v) is 7.49. The zero-order chi connectivity index (χ0) is 22.6. The molecule has 2 aromatic rings. The maximum absolute atomic E-state index is 13.0. The molecule has 164 valence electrons. The van der Waals surface area contributed by atoms with Crippen molar-refractivity contribution in [2.24, 2.45) is 5.10 Å². The SMILES string of the molecule is CCCN(CCC)c1ccc(C=C2C(=O)N(c3cccc(C(F)(F)F)c3)N=C2C)cc1. The fourth-order valence-electron chi connectivity index (χ4n) is 3.53. The number of amides is 1. The smallest absolute Gasteiger partial charge is 0.372 e. The lowest BCUT2D eigenvalue weighted by molar-refractivity contribution is -0.137. The molecule has 0 saturated carbocycles. The highest BCUT2D eigenvalue weighted by Gasteiger charge is 2.33. The molecule has 0 aromatic heterocycles. The number of anilines is 2. The van der Waals surface area contributed by atoms with Gasteiger partial charge in [-0.25, -0.2) is 0 Å². The van der Waals surface area contributed by atoms with E-state index in [1.165, 1.54) is 12.1 Å². The van der Waals surface area contributed by atoms with E-state index < -0.39 is 17.6 Å². The molecule has 0 radical (unpaired) electrons. The normalized spacial score (nSPS) is 15.5. The first-order valence-electron chi connectivity index (χ1n) is 10.4. The summed E-state index contributed by atoms with van der Waals surface area (Å²) < 4.78 is 39.1. The van der Waals surface area contributed by atoms with Crippen LogP contribution in [0, 0.1) is 0 Å². The number of hydrogen-bond acceptors (Lipinski definition) is 3. The lowest BCUT2D eigenvalue weighted by Gasteiger charge is -2.23. The van der Waals surface area contributed by atoms with Crippen LogP contribution in [0.15, 0.2) is 59.2 Å². The number of hydrogen-bond donors (Lipinski definition) is 0. The molecule has 0 aliphatic carbocycles. The third-order valence-electron chi connectivity index (χ3n) is 5.04. The Labute approximate surface area is 180 Å². The van der Waals surface area contributed by atoms with Crippen LogP contribution in [0.25, 0.3) is 6.08 Å². The highest BCUT2D eigenvalue weighted by Crippen LogP contribution is 2.33. The molecule has 7 heteroatoms. The fraction of sp³-hybridized carbons (Fsp3) is 0.333. The second kappa shape index (κ2) is 9.37. The van der Waals surface area contributed by atoms with Crippen LogP contribution in [0.4, 0.5) is 24.5 Å². The first kappa shape index (κ1) is 22.6. The molecule has 0 bridgehead atoms. The molecule has 0 unspecified atom stereocenters. The number of alkyl halides is 3. The summed E-state index contributed by atoms with van der Waals surface area (Å²) in [6.07, 6.45) is -0.646. The lowest BCUT2D eigenvalue weighted by atomic mass is 10.1. The quantitative estimate of drug-likeness (QED) is 0.496. The van der Waals surface area contributed by atoms with Gasteiger partial charge in [0.25, 0.3) is 5.91 Å². The molecule has 4 nitrogen and oxygen atoms in total. The van der Waals surface area contributed by atoms with Crippen molar-refractivity contribution in [3.8, 4) is 0 Å². The minimum absolute atomic E-state index is 0.0905. The summed E-state index contributed by atoms with van der Waals surface area (Å²) >= 11 is 0. The van der Waals surface area contributed by atoms with Gasteiger partial charge in [-0.2, -0.15) is 23.3 Å². The molecular weight excluding hydrogens is 403 g/mol. The zero-order valence-corrected chi connectivity index (χ0v) is 17.9. The summed E-state index contributed by atoms with van der Waals surface area (Å²) in [6.45, 7) is 7.92. The molecule has 0 N–H and O–H groups in total. The van der Waals surface area contributed by atoms with E-state index in [0.29, 0.717) is 11.3 Å². The first-order chi connectivity index (χ1) is 14.7. The van der Waals surface area contributed by atoms with Gasteiger partial charge in [-0.1, -0.05) is 32.0 Å². The molecule has 31 heavy (non-hydrogen) atoms. The Kier molecular flexibility index (Phi) is 6.83. The van der Waals surface area contributed by atoms with E-state index >= 15 is 0 Å². The molecule has 1 aliphatic rings. The number of carbonyl (C=O) groups excluding carboxylic acids is 1. The summed E-state index contributed by atoms with van der Waals surface area (Å²) in [5.41, 5.74) is 2.06. The van der Waals surface area contributed by atoms with E-state index in [0.717, 1.165) is 54.3 Å². The predicted octanol–water partition coefficient (Wildman–Crippen LogP) is 6.14. The van der Waals surface area contributed by atoms with Crippen LogP contribution in [0.3, 0.4) is 0 Å². The van der Waals surface area contributed by atoms with Gasteiger partial charge in [-0.3, -0.25) is 4.79 Å². The Bertz CT molecular complexity index is 988. The number of nitrogens with zero attached hydrogens (tertiary/aromatic N) is 3. The third kappa shape index (κ3) is 5.16. The standard InChI is InChI=1S/C24H26F3N3O/c1-4-13-29(14-5-2)20-11-9-18(10-12-20)15-22-17(3)28-30(23(22)31)21-8-6-7-19(16-21)24(25,26)27/h6-12,15-16H,4-5,13-14H2,1-3H3. The molecule has 0 atom stereocenters. The number of carbonyl (C=O) groups is 1. The Hall–Kier alpha value is -3.09. The predicted molar refractivity (Wildman–Crippen MR) is 119 cm³/mol. The van der Waals surface area contributed by atoms with Crippen molar-refractivity contribution in [3.05, 3.63) is 65.2 Å². The second-order valence-electron chi connectivity index (χ2n) is 7.49. The van der Waals surface area contributed by atoms with Crippen molar-refractivity contribution in [2.45, 2.75) is 39.8 Å². The van der Waals surface area contributed by atoms with Crippen LogP contribution in [0.5, 0.6) is 0 Å². The average molecular weight is 429 g/mol. The maximum atomic E-state index is 13.0. The summed E-state index contributed by atoms with van der Waals surface area (Å²) in [5, 5.41) is 5.21. The van der Waals surface area contributed by atoms with E-state index in [2.05, 4.69) is 23.8 Å². The van der Waals surface area contributed by atoms with Gasteiger partial charge in [0.15, 0.2) is 0 Å². The molecule has 1 amide bonds. The monoisotopic (exact) mass is 429 g/mol. The minimum atomic E-state index is -4.48. The number of rotatable bonds is 7. The third-order valence-corrected chi connectivity index (χ3v) is 5.04. The van der Waals surface area contributed by atoms with Crippen molar-refractivity contribution in [3.63, 3.8) is 0 Å². The van der Waals surface area contributed by atoms with Gasteiger partial charge in [-0.05, 0) is 61.7 Å². The number of benzene rings is 2. The molecule has 2 aromatic carbocycles. The Balaban J connectivity index is 1.83. The first-order valence-corrected chi connectivity index (χ1v) is 10.4. The largest absolute Gasteiger partial charge is 0.416 e. The van der Waals surface area contributed by atoms with E-state index in [9.17, 15) is 18.0 Å². The molecule has 1 aliphatic heterocycles. The van der Waals surface area contributed by atoms with Crippen molar-refractivity contribution >= 4 is 29.1 Å². The van der Waals surface area contributed by atoms with Crippen molar-refractivity contribution < 1.29 is 18.0 Å². The van der Waals surface area contributed by atoms with Gasteiger partial charge >= 0.3 is 6.18 Å². The van der Waals surface area contributed by atoms with E-state index in [1.807, 2.05) is 24.3 Å². The van der Waals surface area contributed by atoms with E-state index in [4.69, 9.17) is 0 Å². The summed E-state index contributed by atoms with van der Waals surface area (Å²) in [4.78, 5) is 15.2. The lowest BCUT2D eigenvalue weighted by Crippen LogP contribution is -2.24. The van der Waals surface area contributed by atoms with Crippen LogP contribution in [0.1, 0.15) is 44.7 Å². The summed E-state index contributed by atoms with van der Waals surface area (Å²) in [5.74, 6) is -0.445. The van der Waals surface area contributed by atoms with E-state index in [-0.39, 0.29) is 5.69 Å². The van der Waals surface area contributed by atoms with Gasteiger partial charge in [0.1, 0.15) is 0 Å². The maximum Gasteiger partial charge on any atom is 0.416 e. The molecule has 1 heterocycles. The van der Waals surface area contributed by atoms with Crippen LogP contribution in [0.2, 0.25) is 0 Å². The number of halogens is 3. The van der Waals surface area contributed by atoms with Gasteiger partial charge < -0.3 is 4.90 Å². The molecule has 0 spiro atoms. The Morgan fingerprint density at radius 1 is 1.03 bits per heavy atom. The van der Waals surface area contributed by atoms with Crippen molar-refractivity contribution in [2.75, 3.05) is 23.0 Å². The van der Waals surface area contributed by atoms with Crippen molar-refractivity contribution in [1.82, 2.24) is 0 Å². The Morgan fingerprint density at radius 2 is 1.68 bits per heavy atom. The topological polar surface area (TPSA) is 35.9 Å². The molecular formula is C24H26F3N3O. The van der Waals surface area contributed by atoms with Gasteiger partial charge in [0, 0.05) is 18.8 Å². The molecule has 0 saturated heterocycles. The highest BCUT2D eigenvalue weighted by atomic mass is 19.4. The van der Waals surface area contributed by atoms with Crippen molar-refractivity contribution in [1.29, 1.82) is 0 Å².